The molecule has 2 aliphatic rings. The van der Waals surface area contributed by atoms with Crippen molar-refractivity contribution in [1.82, 2.24) is 4.90 Å². The number of hydrogen-bond acceptors (Lipinski definition) is 5. The lowest BCUT2D eigenvalue weighted by molar-refractivity contribution is -0.385. The van der Waals surface area contributed by atoms with Crippen molar-refractivity contribution in [2.24, 2.45) is 0 Å². The van der Waals surface area contributed by atoms with E-state index in [1.165, 1.54) is 18.9 Å². The van der Waals surface area contributed by atoms with E-state index in [0.29, 0.717) is 5.75 Å². The SMILES string of the molecule is CC1(C)Oc2ccc([N+](=O)[O-])cc2[C@H](N2CCCCCC2)[C@H]1O. The van der Waals surface area contributed by atoms with E-state index in [1.54, 1.807) is 12.1 Å². The molecule has 0 unspecified atom stereocenters. The molecule has 2 atom stereocenters. The maximum absolute atomic E-state index is 11.1. The summed E-state index contributed by atoms with van der Waals surface area (Å²) in [6.07, 6.45) is 3.85. The lowest BCUT2D eigenvalue weighted by atomic mass is 9.85. The van der Waals surface area contributed by atoms with Gasteiger partial charge in [0.15, 0.2) is 0 Å². The van der Waals surface area contributed by atoms with Gasteiger partial charge < -0.3 is 9.84 Å². The van der Waals surface area contributed by atoms with Crippen LogP contribution in [0.3, 0.4) is 0 Å². The van der Waals surface area contributed by atoms with Gasteiger partial charge in [-0.2, -0.15) is 0 Å². The molecule has 6 heteroatoms. The number of ether oxygens (including phenoxy) is 1. The zero-order valence-electron chi connectivity index (χ0n) is 13.7. The number of non-ortho nitro benzene ring substituents is 1. The molecule has 1 aromatic rings. The number of benzene rings is 1. The van der Waals surface area contributed by atoms with E-state index in [9.17, 15) is 15.2 Å². The molecule has 2 heterocycles. The molecule has 0 amide bonds. The average Bonchev–Trinajstić information content (AvgIpc) is 2.77. The van der Waals surface area contributed by atoms with Crippen LogP contribution >= 0.6 is 0 Å². The Morgan fingerprint density at radius 3 is 2.52 bits per heavy atom. The second-order valence-electron chi connectivity index (χ2n) is 7.02. The van der Waals surface area contributed by atoms with Gasteiger partial charge in [-0.25, -0.2) is 0 Å². The molecular weight excluding hydrogens is 296 g/mol. The first-order valence-electron chi connectivity index (χ1n) is 8.29. The van der Waals surface area contributed by atoms with E-state index in [-0.39, 0.29) is 11.7 Å². The van der Waals surface area contributed by atoms with Crippen molar-refractivity contribution >= 4 is 5.69 Å². The first-order valence-corrected chi connectivity index (χ1v) is 8.29. The van der Waals surface area contributed by atoms with Gasteiger partial charge in [-0.3, -0.25) is 15.0 Å². The van der Waals surface area contributed by atoms with E-state index < -0.39 is 16.6 Å². The minimum Gasteiger partial charge on any atom is -0.485 e. The van der Waals surface area contributed by atoms with Crippen LogP contribution in [-0.2, 0) is 0 Å². The second kappa shape index (κ2) is 6.09. The standard InChI is InChI=1S/C17H24N2O4/c1-17(2)16(20)15(18-9-5-3-4-6-10-18)13-11-12(19(21)22)7-8-14(13)23-17/h7-8,11,15-16,20H,3-6,9-10H2,1-2H3/t15-,16+/m0/s1. The summed E-state index contributed by atoms with van der Waals surface area (Å²) in [6.45, 7) is 5.54. The smallest absolute Gasteiger partial charge is 0.270 e. The Kier molecular flexibility index (Phi) is 4.29. The maximum atomic E-state index is 11.1. The zero-order chi connectivity index (χ0) is 16.6. The van der Waals surface area contributed by atoms with Crippen molar-refractivity contribution in [3.8, 4) is 5.75 Å². The van der Waals surface area contributed by atoms with Crippen molar-refractivity contribution in [3.63, 3.8) is 0 Å². The lowest BCUT2D eigenvalue weighted by Gasteiger charge is -2.46. The van der Waals surface area contributed by atoms with Crippen LogP contribution in [0.15, 0.2) is 18.2 Å². The van der Waals surface area contributed by atoms with Crippen molar-refractivity contribution in [1.29, 1.82) is 0 Å². The van der Waals surface area contributed by atoms with E-state index >= 15 is 0 Å². The molecule has 2 aliphatic heterocycles. The minimum atomic E-state index is -0.727. The van der Waals surface area contributed by atoms with Crippen LogP contribution < -0.4 is 4.74 Å². The van der Waals surface area contributed by atoms with Crippen LogP contribution in [0.2, 0.25) is 0 Å². The summed E-state index contributed by atoms with van der Waals surface area (Å²) < 4.78 is 5.92. The van der Waals surface area contributed by atoms with Crippen LogP contribution in [0.25, 0.3) is 0 Å². The summed E-state index contributed by atoms with van der Waals surface area (Å²) in [5.41, 5.74) is 0.0483. The number of aliphatic hydroxyl groups excluding tert-OH is 1. The summed E-state index contributed by atoms with van der Waals surface area (Å²) in [4.78, 5) is 13.0. The molecule has 1 saturated heterocycles. The summed E-state index contributed by atoms with van der Waals surface area (Å²) in [5.74, 6) is 0.639. The fourth-order valence-electron chi connectivity index (χ4n) is 3.64. The molecule has 0 spiro atoms. The second-order valence-corrected chi connectivity index (χ2v) is 7.02. The molecule has 3 rings (SSSR count). The first-order chi connectivity index (χ1) is 10.9. The predicted molar refractivity (Wildman–Crippen MR) is 86.6 cm³/mol. The number of nitro groups is 1. The molecule has 0 bridgehead atoms. The fourth-order valence-corrected chi connectivity index (χ4v) is 3.64. The van der Waals surface area contributed by atoms with Gasteiger partial charge in [0.2, 0.25) is 0 Å². The number of aliphatic hydroxyl groups is 1. The highest BCUT2D eigenvalue weighted by atomic mass is 16.6. The molecule has 23 heavy (non-hydrogen) atoms. The predicted octanol–water partition coefficient (Wildman–Crippen LogP) is 3.04. The Balaban J connectivity index is 2.05. The van der Waals surface area contributed by atoms with Crippen LogP contribution in [0.4, 0.5) is 5.69 Å². The minimum absolute atomic E-state index is 0.0408. The number of nitrogens with zero attached hydrogens (tertiary/aromatic N) is 2. The quantitative estimate of drug-likeness (QED) is 0.669. The van der Waals surface area contributed by atoms with Gasteiger partial charge in [0.1, 0.15) is 17.5 Å². The van der Waals surface area contributed by atoms with Crippen molar-refractivity contribution < 1.29 is 14.8 Å². The fraction of sp³-hybridized carbons (Fsp3) is 0.647. The highest BCUT2D eigenvalue weighted by Crippen LogP contribution is 2.44. The van der Waals surface area contributed by atoms with Crippen LogP contribution in [0.5, 0.6) is 5.75 Å². The molecule has 1 aromatic carbocycles. The van der Waals surface area contributed by atoms with E-state index in [4.69, 9.17) is 4.74 Å². The third kappa shape index (κ3) is 3.05. The number of hydrogen-bond donors (Lipinski definition) is 1. The number of nitro benzene ring substituents is 1. The Morgan fingerprint density at radius 2 is 1.91 bits per heavy atom. The summed E-state index contributed by atoms with van der Waals surface area (Å²) in [6, 6.07) is 4.42. The molecule has 126 valence electrons. The van der Waals surface area contributed by atoms with Crippen LogP contribution in [-0.4, -0.2) is 39.7 Å². The first kappa shape index (κ1) is 16.2. The zero-order valence-corrected chi connectivity index (χ0v) is 13.7. The Bertz CT molecular complexity index is 594. The molecule has 1 fully saturated rings. The van der Waals surface area contributed by atoms with Gasteiger partial charge in [-0.05, 0) is 45.8 Å². The number of fused-ring (bicyclic) bond motifs is 1. The van der Waals surface area contributed by atoms with E-state index in [1.807, 2.05) is 13.8 Å². The van der Waals surface area contributed by atoms with Gasteiger partial charge in [0.25, 0.3) is 5.69 Å². The van der Waals surface area contributed by atoms with Gasteiger partial charge in [0, 0.05) is 17.7 Å². The normalized spacial score (nSPS) is 27.6. The van der Waals surface area contributed by atoms with Crippen LogP contribution in [0.1, 0.15) is 51.1 Å². The molecule has 0 aromatic heterocycles. The maximum Gasteiger partial charge on any atom is 0.270 e. The van der Waals surface area contributed by atoms with E-state index in [0.717, 1.165) is 31.5 Å². The van der Waals surface area contributed by atoms with Gasteiger partial charge in [-0.15, -0.1) is 0 Å². The number of rotatable bonds is 2. The third-order valence-electron chi connectivity index (χ3n) is 4.94. The largest absolute Gasteiger partial charge is 0.485 e. The Morgan fingerprint density at radius 1 is 1.26 bits per heavy atom. The van der Waals surface area contributed by atoms with E-state index in [2.05, 4.69) is 4.90 Å². The molecular formula is C17H24N2O4. The molecule has 0 radical (unpaired) electrons. The summed E-state index contributed by atoms with van der Waals surface area (Å²) in [7, 11) is 0. The molecule has 0 aliphatic carbocycles. The van der Waals surface area contributed by atoms with Gasteiger partial charge in [0.05, 0.1) is 11.0 Å². The van der Waals surface area contributed by atoms with Gasteiger partial charge in [-0.1, -0.05) is 12.8 Å². The highest BCUT2D eigenvalue weighted by Gasteiger charge is 2.45. The molecule has 0 saturated carbocycles. The Hall–Kier alpha value is -1.66. The third-order valence-corrected chi connectivity index (χ3v) is 4.94. The Labute approximate surface area is 136 Å². The van der Waals surface area contributed by atoms with Crippen LogP contribution in [0, 0.1) is 10.1 Å². The topological polar surface area (TPSA) is 75.8 Å². The molecule has 6 nitrogen and oxygen atoms in total. The van der Waals surface area contributed by atoms with Gasteiger partial charge >= 0.3 is 0 Å². The summed E-state index contributed by atoms with van der Waals surface area (Å²) in [5, 5.41) is 22.0. The summed E-state index contributed by atoms with van der Waals surface area (Å²) >= 11 is 0. The van der Waals surface area contributed by atoms with Crippen molar-refractivity contribution in [3.05, 3.63) is 33.9 Å². The monoisotopic (exact) mass is 320 g/mol. The van der Waals surface area contributed by atoms with Crippen molar-refractivity contribution in [2.75, 3.05) is 13.1 Å². The molecule has 1 N–H and O–H groups in total. The van der Waals surface area contributed by atoms with Crippen molar-refractivity contribution in [2.45, 2.75) is 57.3 Å². The number of likely N-dealkylation sites (tertiary alicyclic amines) is 1. The highest BCUT2D eigenvalue weighted by molar-refractivity contribution is 5.48. The lowest BCUT2D eigenvalue weighted by Crippen LogP contribution is -2.53. The average molecular weight is 320 g/mol.